The summed E-state index contributed by atoms with van der Waals surface area (Å²) in [6, 6.07) is 9.44. The quantitative estimate of drug-likeness (QED) is 0.788. The number of nitrogen functional groups attached to an aromatic ring is 1. The van der Waals surface area contributed by atoms with E-state index in [1.807, 2.05) is 4.90 Å². The van der Waals surface area contributed by atoms with Crippen LogP contribution in [0.15, 0.2) is 36.4 Å². The summed E-state index contributed by atoms with van der Waals surface area (Å²) in [5.41, 5.74) is 7.87. The first kappa shape index (κ1) is 20.2. The Labute approximate surface area is 182 Å². The van der Waals surface area contributed by atoms with Gasteiger partial charge in [0, 0.05) is 51.4 Å². The monoisotopic (exact) mass is 424 g/mol. The van der Waals surface area contributed by atoms with Crippen molar-refractivity contribution in [1.29, 1.82) is 0 Å². The summed E-state index contributed by atoms with van der Waals surface area (Å²) in [7, 11) is 2.18. The summed E-state index contributed by atoms with van der Waals surface area (Å²) < 4.78 is 13.2. The molecule has 1 saturated carbocycles. The van der Waals surface area contributed by atoms with Crippen molar-refractivity contribution in [3.05, 3.63) is 42.2 Å². The fourth-order valence-electron chi connectivity index (χ4n) is 4.95. The van der Waals surface area contributed by atoms with Crippen LogP contribution in [0.4, 0.5) is 20.7 Å². The van der Waals surface area contributed by atoms with E-state index in [-0.39, 0.29) is 11.8 Å². The number of carbonyl (C=O) groups is 1. The van der Waals surface area contributed by atoms with Crippen molar-refractivity contribution in [2.24, 2.45) is 17.8 Å². The van der Waals surface area contributed by atoms with Crippen molar-refractivity contribution in [2.75, 3.05) is 63.9 Å². The van der Waals surface area contributed by atoms with E-state index in [2.05, 4.69) is 27.1 Å². The van der Waals surface area contributed by atoms with E-state index in [1.54, 1.807) is 24.3 Å². The molecule has 2 amide bonds. The molecule has 2 saturated heterocycles. The number of likely N-dealkylation sites (N-methyl/N-ethyl adjacent to an activating group) is 1. The van der Waals surface area contributed by atoms with E-state index in [4.69, 9.17) is 5.73 Å². The van der Waals surface area contributed by atoms with Crippen LogP contribution in [-0.2, 0) is 0 Å². The van der Waals surface area contributed by atoms with Crippen molar-refractivity contribution in [3.63, 3.8) is 0 Å². The maximum atomic E-state index is 13.2. The number of hydrogen-bond acceptors (Lipinski definition) is 5. The normalized spacial score (nSPS) is 26.0. The molecule has 3 N–H and O–H groups in total. The summed E-state index contributed by atoms with van der Waals surface area (Å²) in [4.78, 5) is 24.1. The Hall–Kier alpha value is -2.71. The van der Waals surface area contributed by atoms with Crippen LogP contribution >= 0.6 is 0 Å². The first-order valence-corrected chi connectivity index (χ1v) is 11.0. The molecule has 2 aliphatic heterocycles. The fourth-order valence-corrected chi connectivity index (χ4v) is 4.95. The lowest BCUT2D eigenvalue weighted by molar-refractivity contribution is 0.141. The molecule has 3 atom stereocenters. The highest BCUT2D eigenvalue weighted by molar-refractivity contribution is 5.92. The van der Waals surface area contributed by atoms with E-state index in [1.165, 1.54) is 12.1 Å². The SMILES string of the molecule is CN1CCN(C[C@H]2C3CN(C(=O)Nc4nc(-c5ccc(F)cc5)ccc4N)C[C@@H]32)CC1. The van der Waals surface area contributed by atoms with E-state index in [9.17, 15) is 9.18 Å². The number of hydrogen-bond donors (Lipinski definition) is 2. The Balaban J connectivity index is 1.17. The minimum absolute atomic E-state index is 0.152. The zero-order valence-corrected chi connectivity index (χ0v) is 17.8. The average Bonchev–Trinajstić information content (AvgIpc) is 3.18. The van der Waals surface area contributed by atoms with Crippen LogP contribution in [0.3, 0.4) is 0 Å². The Morgan fingerprint density at radius 2 is 1.77 bits per heavy atom. The van der Waals surface area contributed by atoms with Gasteiger partial charge in [-0.15, -0.1) is 0 Å². The average molecular weight is 425 g/mol. The van der Waals surface area contributed by atoms with Crippen LogP contribution in [0.1, 0.15) is 0 Å². The van der Waals surface area contributed by atoms with Gasteiger partial charge < -0.3 is 20.4 Å². The fraction of sp³-hybridized carbons (Fsp3) is 0.478. The number of aromatic nitrogens is 1. The van der Waals surface area contributed by atoms with Crippen molar-refractivity contribution < 1.29 is 9.18 Å². The molecule has 3 fully saturated rings. The minimum Gasteiger partial charge on any atom is -0.396 e. The molecule has 1 unspecified atom stereocenters. The van der Waals surface area contributed by atoms with Gasteiger partial charge in [-0.1, -0.05) is 0 Å². The Bertz CT molecular complexity index is 947. The minimum atomic E-state index is -0.300. The molecule has 5 rings (SSSR count). The van der Waals surface area contributed by atoms with E-state index in [0.29, 0.717) is 29.0 Å². The third-order valence-electron chi connectivity index (χ3n) is 7.02. The Kier molecular flexibility index (Phi) is 5.27. The molecule has 164 valence electrons. The van der Waals surface area contributed by atoms with Crippen LogP contribution in [0.5, 0.6) is 0 Å². The standard InChI is InChI=1S/C23H29FN6O/c1-28-8-10-29(11-9-28)12-17-18-13-30(14-19(17)18)23(31)27-22-20(25)6-7-21(26-22)15-2-4-16(24)5-3-15/h2-7,17-19H,8-14,25H2,1H3,(H,26,27,31)/t17-,18-,19?/m1/s1. The third-order valence-corrected chi connectivity index (χ3v) is 7.02. The van der Waals surface area contributed by atoms with Gasteiger partial charge in [-0.3, -0.25) is 5.32 Å². The summed E-state index contributed by atoms with van der Waals surface area (Å²) in [6.07, 6.45) is 0. The molecule has 8 heteroatoms. The number of urea groups is 1. The number of likely N-dealkylation sites (tertiary alicyclic amines) is 1. The van der Waals surface area contributed by atoms with Gasteiger partial charge in [0.25, 0.3) is 0 Å². The molecule has 3 heterocycles. The number of carbonyl (C=O) groups excluding carboxylic acids is 1. The van der Waals surface area contributed by atoms with Gasteiger partial charge in [-0.05, 0) is 61.2 Å². The predicted octanol–water partition coefficient (Wildman–Crippen LogP) is 2.43. The first-order chi connectivity index (χ1) is 15.0. The molecule has 2 aromatic rings. The number of nitrogens with two attached hydrogens (primary N) is 1. The number of nitrogens with one attached hydrogen (secondary N) is 1. The van der Waals surface area contributed by atoms with Crippen LogP contribution in [-0.4, -0.2) is 78.6 Å². The second-order valence-corrected chi connectivity index (χ2v) is 9.07. The number of amides is 2. The zero-order valence-electron chi connectivity index (χ0n) is 17.8. The molecular weight excluding hydrogens is 395 g/mol. The molecule has 0 spiro atoms. The highest BCUT2D eigenvalue weighted by Crippen LogP contribution is 2.52. The highest BCUT2D eigenvalue weighted by Gasteiger charge is 2.56. The first-order valence-electron chi connectivity index (χ1n) is 11.0. The van der Waals surface area contributed by atoms with Crippen LogP contribution in [0.25, 0.3) is 11.3 Å². The summed E-state index contributed by atoms with van der Waals surface area (Å²) in [5, 5.41) is 2.88. The van der Waals surface area contributed by atoms with Crippen LogP contribution in [0, 0.1) is 23.6 Å². The summed E-state index contributed by atoms with van der Waals surface area (Å²) in [6.45, 7) is 7.33. The molecule has 0 radical (unpaired) electrons. The van der Waals surface area contributed by atoms with E-state index in [0.717, 1.165) is 57.3 Å². The van der Waals surface area contributed by atoms with E-state index < -0.39 is 0 Å². The summed E-state index contributed by atoms with van der Waals surface area (Å²) in [5.74, 6) is 1.99. The van der Waals surface area contributed by atoms with Gasteiger partial charge in [0.05, 0.1) is 11.4 Å². The van der Waals surface area contributed by atoms with E-state index >= 15 is 0 Å². The molecule has 31 heavy (non-hydrogen) atoms. The van der Waals surface area contributed by atoms with Gasteiger partial charge in [0.2, 0.25) is 0 Å². The molecule has 7 nitrogen and oxygen atoms in total. The maximum absolute atomic E-state index is 13.2. The van der Waals surface area contributed by atoms with Crippen LogP contribution in [0.2, 0.25) is 0 Å². The number of piperidine rings is 1. The Morgan fingerprint density at radius 3 is 2.45 bits per heavy atom. The number of benzene rings is 1. The molecule has 1 aliphatic carbocycles. The predicted molar refractivity (Wildman–Crippen MR) is 119 cm³/mol. The van der Waals surface area contributed by atoms with Gasteiger partial charge in [0.1, 0.15) is 5.82 Å². The van der Waals surface area contributed by atoms with Crippen molar-refractivity contribution >= 4 is 17.5 Å². The molecule has 1 aromatic heterocycles. The molecule has 3 aliphatic rings. The van der Waals surface area contributed by atoms with Crippen molar-refractivity contribution in [2.45, 2.75) is 0 Å². The molecular formula is C23H29FN6O. The second kappa shape index (κ2) is 8.09. The number of pyridine rings is 1. The van der Waals surface area contributed by atoms with Gasteiger partial charge in [-0.25, -0.2) is 14.2 Å². The second-order valence-electron chi connectivity index (χ2n) is 9.07. The molecule has 1 aromatic carbocycles. The number of piperazine rings is 1. The number of anilines is 2. The van der Waals surface area contributed by atoms with Gasteiger partial charge >= 0.3 is 6.03 Å². The lowest BCUT2D eigenvalue weighted by Crippen LogP contribution is -2.45. The van der Waals surface area contributed by atoms with Gasteiger partial charge in [0.15, 0.2) is 5.82 Å². The maximum Gasteiger partial charge on any atom is 0.323 e. The largest absolute Gasteiger partial charge is 0.396 e. The highest BCUT2D eigenvalue weighted by atomic mass is 19.1. The number of nitrogens with zero attached hydrogens (tertiary/aromatic N) is 4. The summed E-state index contributed by atoms with van der Waals surface area (Å²) >= 11 is 0. The lowest BCUT2D eigenvalue weighted by Gasteiger charge is -2.33. The topological polar surface area (TPSA) is 77.7 Å². The number of rotatable bonds is 4. The number of fused-ring (bicyclic) bond motifs is 1. The number of halogens is 1. The van der Waals surface area contributed by atoms with Crippen molar-refractivity contribution in [1.82, 2.24) is 19.7 Å². The van der Waals surface area contributed by atoms with Crippen LogP contribution < -0.4 is 11.1 Å². The zero-order chi connectivity index (χ0) is 21.5. The lowest BCUT2D eigenvalue weighted by atomic mass is 10.1. The molecule has 0 bridgehead atoms. The van der Waals surface area contributed by atoms with Gasteiger partial charge in [-0.2, -0.15) is 0 Å². The Morgan fingerprint density at radius 1 is 1.10 bits per heavy atom. The smallest absolute Gasteiger partial charge is 0.323 e. The van der Waals surface area contributed by atoms with Crippen molar-refractivity contribution in [3.8, 4) is 11.3 Å². The third kappa shape index (κ3) is 4.22.